The Morgan fingerprint density at radius 1 is 1.31 bits per heavy atom. The van der Waals surface area contributed by atoms with Gasteiger partial charge in [-0.15, -0.1) is 24.0 Å². The number of aliphatic hydroxyl groups excluding tert-OH is 1. The van der Waals surface area contributed by atoms with Crippen LogP contribution in [0.15, 0.2) is 24.3 Å². The van der Waals surface area contributed by atoms with Crippen molar-refractivity contribution in [1.29, 1.82) is 0 Å². The summed E-state index contributed by atoms with van der Waals surface area (Å²) in [5.41, 5.74) is 2.05. The molecule has 4 aliphatic rings. The molecule has 3 heterocycles. The van der Waals surface area contributed by atoms with E-state index in [0.29, 0.717) is 12.3 Å². The van der Waals surface area contributed by atoms with Crippen LogP contribution in [-0.4, -0.2) is 53.3 Å². The second kappa shape index (κ2) is 7.45. The molecule has 1 aliphatic carbocycles. The zero-order valence-corrected chi connectivity index (χ0v) is 18.6. The monoisotopic (exact) mass is 460 g/mol. The fourth-order valence-corrected chi connectivity index (χ4v) is 7.23. The molecule has 0 amide bonds. The number of methoxy groups -OCH3 is 1. The van der Waals surface area contributed by atoms with Gasteiger partial charge in [-0.25, -0.2) is 0 Å². The summed E-state index contributed by atoms with van der Waals surface area (Å²) >= 11 is 14.5. The molecule has 7 atom stereocenters. The maximum absolute atomic E-state index is 12.5. The number of piperidine rings is 2. The van der Waals surface area contributed by atoms with Crippen LogP contribution in [0.2, 0.25) is 0 Å². The number of hydrogen-bond donors (Lipinski definition) is 2. The molecule has 2 saturated heterocycles. The minimum atomic E-state index is -0.843. The van der Waals surface area contributed by atoms with Crippen LogP contribution in [0.3, 0.4) is 0 Å². The number of esters is 1. The minimum absolute atomic E-state index is 0. The number of nitrogens with one attached hydrogen (secondary N) is 1. The number of halogens is 3. The molecule has 2 unspecified atom stereocenters. The number of ether oxygens (including phenoxy) is 1. The Labute approximate surface area is 187 Å². The van der Waals surface area contributed by atoms with Crippen LogP contribution in [-0.2, 0) is 14.4 Å². The van der Waals surface area contributed by atoms with Gasteiger partial charge < -0.3 is 15.2 Å². The summed E-state index contributed by atoms with van der Waals surface area (Å²) < 4.78 is 5.04. The van der Waals surface area contributed by atoms with E-state index >= 15 is 0 Å². The molecule has 5 nitrogen and oxygen atoms in total. The lowest BCUT2D eigenvalue weighted by Gasteiger charge is -2.58. The number of carbonyl (C=O) groups is 1. The van der Waals surface area contributed by atoms with Gasteiger partial charge in [-0.05, 0) is 49.1 Å². The summed E-state index contributed by atoms with van der Waals surface area (Å²) in [5.74, 6) is -0.371. The minimum Gasteiger partial charge on any atom is -0.469 e. The van der Waals surface area contributed by atoms with Crippen molar-refractivity contribution in [2.45, 2.75) is 47.7 Å². The number of para-hydroxylation sites is 1. The molecule has 29 heavy (non-hydrogen) atoms. The van der Waals surface area contributed by atoms with E-state index in [0.717, 1.165) is 43.6 Å². The van der Waals surface area contributed by atoms with Crippen LogP contribution >= 0.6 is 35.6 Å². The van der Waals surface area contributed by atoms with Gasteiger partial charge in [-0.2, -0.15) is 0 Å². The van der Waals surface area contributed by atoms with Crippen molar-refractivity contribution in [3.05, 3.63) is 29.8 Å². The first-order valence-electron chi connectivity index (χ1n) is 10.1. The second-order valence-corrected chi connectivity index (χ2v) is 10.0. The summed E-state index contributed by atoms with van der Waals surface area (Å²) in [4.78, 5) is 13.4. The number of benzene rings is 1. The van der Waals surface area contributed by atoms with Gasteiger partial charge in [-0.3, -0.25) is 9.69 Å². The van der Waals surface area contributed by atoms with Gasteiger partial charge in [0.15, 0.2) is 5.00 Å². The topological polar surface area (TPSA) is 61.8 Å². The summed E-state index contributed by atoms with van der Waals surface area (Å²) in [6.07, 6.45) is 2.43. The average molecular weight is 462 g/mol. The zero-order valence-electron chi connectivity index (χ0n) is 16.3. The van der Waals surface area contributed by atoms with Crippen molar-refractivity contribution < 1.29 is 14.6 Å². The van der Waals surface area contributed by atoms with Crippen molar-refractivity contribution in [2.75, 3.05) is 25.5 Å². The first-order chi connectivity index (χ1) is 13.4. The lowest BCUT2D eigenvalue weighted by molar-refractivity contribution is -0.161. The number of hydrogen-bond acceptors (Lipinski definition) is 5. The highest BCUT2D eigenvalue weighted by Gasteiger charge is 2.66. The maximum atomic E-state index is 12.5. The molecule has 5 rings (SSSR count). The van der Waals surface area contributed by atoms with Crippen molar-refractivity contribution in [2.24, 2.45) is 17.8 Å². The summed E-state index contributed by atoms with van der Waals surface area (Å²) in [5, 5.41) is 14.1. The normalized spacial score (nSPS) is 43.0. The highest BCUT2D eigenvalue weighted by molar-refractivity contribution is 6.37. The van der Waals surface area contributed by atoms with Gasteiger partial charge in [0.05, 0.1) is 19.1 Å². The number of carbonyl (C=O) groups excluding carboxylic acids is 1. The highest BCUT2D eigenvalue weighted by Crippen LogP contribution is 2.61. The largest absolute Gasteiger partial charge is 0.469 e. The van der Waals surface area contributed by atoms with E-state index < -0.39 is 21.9 Å². The number of fused-ring (bicyclic) bond motifs is 6. The molecule has 0 spiro atoms. The van der Waals surface area contributed by atoms with E-state index in [-0.39, 0.29) is 30.3 Å². The number of anilines is 1. The van der Waals surface area contributed by atoms with Crippen LogP contribution in [0.4, 0.5) is 5.69 Å². The van der Waals surface area contributed by atoms with Gasteiger partial charge in [0, 0.05) is 24.8 Å². The van der Waals surface area contributed by atoms with Crippen LogP contribution in [0.25, 0.3) is 0 Å². The van der Waals surface area contributed by atoms with E-state index in [2.05, 4.69) is 16.3 Å². The fraction of sp³-hybridized carbons (Fsp3) is 0.667. The molecule has 2 N–H and O–H groups in total. The lowest BCUT2D eigenvalue weighted by Crippen LogP contribution is -2.69. The first-order valence-corrected chi connectivity index (χ1v) is 10.9. The molecule has 1 aromatic carbocycles. The van der Waals surface area contributed by atoms with Gasteiger partial charge >= 0.3 is 5.97 Å². The third-order valence-corrected chi connectivity index (χ3v) is 9.10. The van der Waals surface area contributed by atoms with Gasteiger partial charge in [-0.1, -0.05) is 29.8 Å². The van der Waals surface area contributed by atoms with Crippen LogP contribution in [0.5, 0.6) is 0 Å². The molecular formula is C21H27Cl3N2O3. The molecule has 1 aromatic rings. The number of alkyl halides is 2. The smallest absolute Gasteiger partial charge is 0.311 e. The predicted molar refractivity (Wildman–Crippen MR) is 116 cm³/mol. The predicted octanol–water partition coefficient (Wildman–Crippen LogP) is 3.56. The van der Waals surface area contributed by atoms with Crippen LogP contribution in [0.1, 0.15) is 31.2 Å². The molecular weight excluding hydrogens is 435 g/mol. The Hall–Kier alpha value is -0.720. The quantitative estimate of drug-likeness (QED) is 0.380. The third-order valence-electron chi connectivity index (χ3n) is 7.64. The Kier molecular flexibility index (Phi) is 5.53. The lowest BCUT2D eigenvalue weighted by atomic mass is 9.63. The highest BCUT2D eigenvalue weighted by atomic mass is 35.5. The molecule has 3 fully saturated rings. The van der Waals surface area contributed by atoms with E-state index in [9.17, 15) is 9.90 Å². The van der Waals surface area contributed by atoms with Crippen molar-refractivity contribution in [1.82, 2.24) is 4.90 Å². The SMILES string of the molecule is COC(=O)[C@@H]1[C@H]2C[C@@H]3N(CCC4(Cl)c5ccccc5NC34Cl)C[C@@H]2CC[C@@H]1O.Cl. The second-order valence-electron chi connectivity index (χ2n) is 8.80. The molecule has 1 saturated carbocycles. The van der Waals surface area contributed by atoms with Crippen LogP contribution < -0.4 is 5.32 Å². The van der Waals surface area contributed by atoms with Gasteiger partial charge in [0.2, 0.25) is 0 Å². The summed E-state index contributed by atoms with van der Waals surface area (Å²) in [7, 11) is 1.40. The number of rotatable bonds is 1. The fourth-order valence-electron chi connectivity index (χ4n) is 6.28. The van der Waals surface area contributed by atoms with Crippen molar-refractivity contribution >= 4 is 47.3 Å². The standard InChI is InChI=1S/C21H26Cl2N2O3.ClH/c1-28-19(27)18-13-10-17-21(23)20(22,14-4-2-3-5-15(14)24-21)8-9-25(17)11-12(13)6-7-16(18)26;/h2-5,12-13,16-18,24,26H,6-11H2,1H3;1H/t12-,13-,16-,17-,18+,20?,21?;/m0./s1. The van der Waals surface area contributed by atoms with E-state index in [1.807, 2.05) is 18.2 Å². The number of aliphatic hydroxyl groups is 1. The average Bonchev–Trinajstić information content (AvgIpc) is 2.94. The Bertz CT molecular complexity index is 811. The van der Waals surface area contributed by atoms with E-state index in [1.54, 1.807) is 0 Å². The Balaban J connectivity index is 0.00000205. The molecule has 8 heteroatoms. The zero-order chi connectivity index (χ0) is 19.7. The number of nitrogens with zero attached hydrogens (tertiary/aromatic N) is 1. The summed E-state index contributed by atoms with van der Waals surface area (Å²) in [6.45, 7) is 1.77. The molecule has 3 aliphatic heterocycles. The van der Waals surface area contributed by atoms with Crippen LogP contribution in [0, 0.1) is 17.8 Å². The van der Waals surface area contributed by atoms with Gasteiger partial charge in [0.1, 0.15) is 4.87 Å². The molecule has 0 radical (unpaired) electrons. The van der Waals surface area contributed by atoms with Gasteiger partial charge in [0.25, 0.3) is 0 Å². The Morgan fingerprint density at radius 2 is 2.07 bits per heavy atom. The maximum Gasteiger partial charge on any atom is 0.311 e. The van der Waals surface area contributed by atoms with E-state index in [4.69, 9.17) is 27.9 Å². The summed E-state index contributed by atoms with van der Waals surface area (Å²) in [6, 6.07) is 8.05. The molecule has 0 bridgehead atoms. The van der Waals surface area contributed by atoms with E-state index in [1.165, 1.54) is 7.11 Å². The van der Waals surface area contributed by atoms with Crippen molar-refractivity contribution in [3.63, 3.8) is 0 Å². The Morgan fingerprint density at radius 3 is 2.83 bits per heavy atom. The first kappa shape index (κ1) is 21.5. The molecule has 160 valence electrons. The third kappa shape index (κ3) is 2.92. The molecule has 0 aromatic heterocycles. The van der Waals surface area contributed by atoms with Crippen molar-refractivity contribution in [3.8, 4) is 0 Å².